The largest absolute Gasteiger partial charge is 0.378 e. The second kappa shape index (κ2) is 8.60. The van der Waals surface area contributed by atoms with Crippen LogP contribution in [0.1, 0.15) is 27.4 Å². The van der Waals surface area contributed by atoms with E-state index in [-0.39, 0.29) is 18.0 Å². The molecule has 158 valence electrons. The van der Waals surface area contributed by atoms with Gasteiger partial charge in [0.1, 0.15) is 11.6 Å². The SMILES string of the molecule is CN(C)c1ccc(C(CNC(=O)c2ccc(F)cc2F)c2c[nH]c3ccccc23)cc1. The number of amides is 1. The van der Waals surface area contributed by atoms with Crippen molar-refractivity contribution in [3.63, 3.8) is 0 Å². The van der Waals surface area contributed by atoms with Gasteiger partial charge >= 0.3 is 0 Å². The number of rotatable bonds is 6. The number of anilines is 1. The maximum absolute atomic E-state index is 14.0. The molecule has 1 heterocycles. The number of aromatic nitrogens is 1. The molecule has 6 heteroatoms. The number of nitrogens with zero attached hydrogens (tertiary/aromatic N) is 1. The maximum atomic E-state index is 14.0. The molecule has 1 amide bonds. The molecule has 0 spiro atoms. The topological polar surface area (TPSA) is 48.1 Å². The normalized spacial score (nSPS) is 12.0. The van der Waals surface area contributed by atoms with E-state index < -0.39 is 17.5 Å². The highest BCUT2D eigenvalue weighted by molar-refractivity contribution is 5.94. The minimum Gasteiger partial charge on any atom is -0.378 e. The van der Waals surface area contributed by atoms with Crippen molar-refractivity contribution in [3.8, 4) is 0 Å². The van der Waals surface area contributed by atoms with Gasteiger partial charge in [-0.25, -0.2) is 8.78 Å². The van der Waals surface area contributed by atoms with Crippen LogP contribution in [0.4, 0.5) is 14.5 Å². The monoisotopic (exact) mass is 419 g/mol. The Labute approximate surface area is 179 Å². The van der Waals surface area contributed by atoms with Crippen molar-refractivity contribution in [2.75, 3.05) is 25.5 Å². The highest BCUT2D eigenvalue weighted by atomic mass is 19.1. The fourth-order valence-corrected chi connectivity index (χ4v) is 3.76. The number of carbonyl (C=O) groups is 1. The summed E-state index contributed by atoms with van der Waals surface area (Å²) in [4.78, 5) is 17.9. The number of hydrogen-bond acceptors (Lipinski definition) is 2. The average Bonchev–Trinajstić information content (AvgIpc) is 3.18. The lowest BCUT2D eigenvalue weighted by atomic mass is 9.90. The van der Waals surface area contributed by atoms with Crippen LogP contribution in [0.5, 0.6) is 0 Å². The molecule has 0 aliphatic carbocycles. The molecule has 0 saturated carbocycles. The van der Waals surface area contributed by atoms with Gasteiger partial charge in [0, 0.05) is 55.4 Å². The highest BCUT2D eigenvalue weighted by Gasteiger charge is 2.21. The molecular weight excluding hydrogens is 396 g/mol. The predicted molar refractivity (Wildman–Crippen MR) is 120 cm³/mol. The van der Waals surface area contributed by atoms with E-state index in [0.717, 1.165) is 39.8 Å². The van der Waals surface area contributed by atoms with Gasteiger partial charge in [0.25, 0.3) is 5.91 Å². The predicted octanol–water partition coefficient (Wildman–Crippen LogP) is 5.07. The number of halogens is 2. The molecule has 0 bridgehead atoms. The highest BCUT2D eigenvalue weighted by Crippen LogP contribution is 2.31. The first-order chi connectivity index (χ1) is 14.9. The van der Waals surface area contributed by atoms with Crippen LogP contribution < -0.4 is 10.2 Å². The van der Waals surface area contributed by atoms with Gasteiger partial charge < -0.3 is 15.2 Å². The van der Waals surface area contributed by atoms with E-state index in [9.17, 15) is 13.6 Å². The standard InChI is InChI=1S/C25H23F2N3O/c1-30(2)18-10-7-16(8-11-18)21(22-15-28-24-6-4-3-5-19(22)24)14-29-25(31)20-12-9-17(26)13-23(20)27/h3-13,15,21,28H,14H2,1-2H3,(H,29,31). The number of hydrogen-bond donors (Lipinski definition) is 2. The summed E-state index contributed by atoms with van der Waals surface area (Å²) in [5.41, 5.74) is 3.95. The van der Waals surface area contributed by atoms with Crippen LogP contribution in [0, 0.1) is 11.6 Å². The Hall–Kier alpha value is -3.67. The lowest BCUT2D eigenvalue weighted by molar-refractivity contribution is 0.0948. The van der Waals surface area contributed by atoms with E-state index in [0.29, 0.717) is 6.07 Å². The van der Waals surface area contributed by atoms with Crippen molar-refractivity contribution >= 4 is 22.5 Å². The van der Waals surface area contributed by atoms with Gasteiger partial charge in [0.05, 0.1) is 5.56 Å². The minimum absolute atomic E-state index is 0.153. The third-order valence-electron chi connectivity index (χ3n) is 5.45. The van der Waals surface area contributed by atoms with E-state index >= 15 is 0 Å². The molecule has 1 aromatic heterocycles. The van der Waals surface area contributed by atoms with Crippen LogP contribution in [0.3, 0.4) is 0 Å². The molecule has 4 nitrogen and oxygen atoms in total. The van der Waals surface area contributed by atoms with Crippen LogP contribution >= 0.6 is 0 Å². The molecule has 4 aromatic rings. The number of nitrogens with one attached hydrogen (secondary N) is 2. The second-order valence-electron chi connectivity index (χ2n) is 7.66. The molecule has 4 rings (SSSR count). The number of H-pyrrole nitrogens is 1. The molecule has 1 unspecified atom stereocenters. The summed E-state index contributed by atoms with van der Waals surface area (Å²) in [6.07, 6.45) is 1.94. The smallest absolute Gasteiger partial charge is 0.254 e. The van der Waals surface area contributed by atoms with E-state index in [1.54, 1.807) is 0 Å². The van der Waals surface area contributed by atoms with Gasteiger partial charge in [-0.3, -0.25) is 4.79 Å². The zero-order valence-corrected chi connectivity index (χ0v) is 17.3. The molecule has 0 aliphatic rings. The van der Waals surface area contributed by atoms with Crippen LogP contribution in [0.2, 0.25) is 0 Å². The summed E-state index contributed by atoms with van der Waals surface area (Å²) in [6.45, 7) is 0.263. The summed E-state index contributed by atoms with van der Waals surface area (Å²) in [5.74, 6) is -2.32. The molecule has 0 saturated heterocycles. The first kappa shape index (κ1) is 20.6. The van der Waals surface area contributed by atoms with E-state index in [4.69, 9.17) is 0 Å². The van der Waals surface area contributed by atoms with Crippen molar-refractivity contribution in [2.45, 2.75) is 5.92 Å². The van der Waals surface area contributed by atoms with Crippen LogP contribution in [-0.4, -0.2) is 31.5 Å². The van der Waals surface area contributed by atoms with Crippen molar-refractivity contribution in [1.29, 1.82) is 0 Å². The zero-order valence-electron chi connectivity index (χ0n) is 17.3. The third kappa shape index (κ3) is 4.28. The Morgan fingerprint density at radius 2 is 1.77 bits per heavy atom. The van der Waals surface area contributed by atoms with Gasteiger partial charge in [-0.1, -0.05) is 30.3 Å². The maximum Gasteiger partial charge on any atom is 0.254 e. The summed E-state index contributed by atoms with van der Waals surface area (Å²) >= 11 is 0. The molecule has 3 aromatic carbocycles. The Balaban J connectivity index is 1.66. The molecular formula is C25H23F2N3O. The average molecular weight is 419 g/mol. The van der Waals surface area contributed by atoms with E-state index in [1.807, 2.05) is 73.7 Å². The van der Waals surface area contributed by atoms with Gasteiger partial charge in [-0.15, -0.1) is 0 Å². The first-order valence-corrected chi connectivity index (χ1v) is 10.0. The molecule has 0 aliphatic heterocycles. The Morgan fingerprint density at radius 3 is 2.48 bits per heavy atom. The lowest BCUT2D eigenvalue weighted by Crippen LogP contribution is -2.29. The Morgan fingerprint density at radius 1 is 1.03 bits per heavy atom. The quantitative estimate of drug-likeness (QED) is 0.458. The van der Waals surface area contributed by atoms with Crippen LogP contribution in [0.15, 0.2) is 72.9 Å². The number of fused-ring (bicyclic) bond motifs is 1. The minimum atomic E-state index is -0.878. The van der Waals surface area contributed by atoms with E-state index in [1.165, 1.54) is 0 Å². The van der Waals surface area contributed by atoms with Crippen molar-refractivity contribution < 1.29 is 13.6 Å². The van der Waals surface area contributed by atoms with Gasteiger partial charge in [-0.05, 0) is 41.5 Å². The van der Waals surface area contributed by atoms with Crippen LogP contribution in [-0.2, 0) is 0 Å². The number of aromatic amines is 1. The molecule has 2 N–H and O–H groups in total. The molecule has 0 fully saturated rings. The van der Waals surface area contributed by atoms with Crippen molar-refractivity contribution in [3.05, 3.63) is 101 Å². The first-order valence-electron chi connectivity index (χ1n) is 10.0. The summed E-state index contributed by atoms with van der Waals surface area (Å²) < 4.78 is 27.2. The van der Waals surface area contributed by atoms with Gasteiger partial charge in [0.2, 0.25) is 0 Å². The van der Waals surface area contributed by atoms with Crippen molar-refractivity contribution in [1.82, 2.24) is 10.3 Å². The molecule has 1 atom stereocenters. The number of carbonyl (C=O) groups excluding carboxylic acids is 1. The van der Waals surface area contributed by atoms with Crippen LogP contribution in [0.25, 0.3) is 10.9 Å². The second-order valence-corrected chi connectivity index (χ2v) is 7.66. The molecule has 31 heavy (non-hydrogen) atoms. The fraction of sp³-hybridized carbons (Fsp3) is 0.160. The Bertz CT molecular complexity index is 1220. The van der Waals surface area contributed by atoms with E-state index in [2.05, 4.69) is 10.3 Å². The Kier molecular flexibility index (Phi) is 5.71. The van der Waals surface area contributed by atoms with Gasteiger partial charge in [-0.2, -0.15) is 0 Å². The summed E-state index contributed by atoms with van der Waals surface area (Å²) in [7, 11) is 3.95. The third-order valence-corrected chi connectivity index (χ3v) is 5.45. The summed E-state index contributed by atoms with van der Waals surface area (Å²) in [5, 5.41) is 3.88. The number of benzene rings is 3. The summed E-state index contributed by atoms with van der Waals surface area (Å²) in [6, 6.07) is 19.0. The number of para-hydroxylation sites is 1. The van der Waals surface area contributed by atoms with Gasteiger partial charge in [0.15, 0.2) is 0 Å². The molecule has 0 radical (unpaired) electrons. The van der Waals surface area contributed by atoms with Crippen molar-refractivity contribution in [2.24, 2.45) is 0 Å². The lowest BCUT2D eigenvalue weighted by Gasteiger charge is -2.20. The fourth-order valence-electron chi connectivity index (χ4n) is 3.76. The zero-order chi connectivity index (χ0) is 22.0.